The van der Waals surface area contributed by atoms with Crippen molar-refractivity contribution >= 4 is 15.8 Å². The van der Waals surface area contributed by atoms with Gasteiger partial charge in [-0.25, -0.2) is 8.42 Å². The van der Waals surface area contributed by atoms with Crippen LogP contribution in [0.5, 0.6) is 11.5 Å². The number of aromatic nitrogens is 2. The van der Waals surface area contributed by atoms with Gasteiger partial charge in [-0.2, -0.15) is 5.10 Å². The van der Waals surface area contributed by atoms with Crippen LogP contribution in [0.15, 0.2) is 35.4 Å². The third-order valence-corrected chi connectivity index (χ3v) is 3.97. The first kappa shape index (κ1) is 14.2. The van der Waals surface area contributed by atoms with Crippen LogP contribution < -0.4 is 14.2 Å². The number of aryl methyl sites for hydroxylation is 1. The third-order valence-electron chi connectivity index (χ3n) is 2.62. The van der Waals surface area contributed by atoms with Gasteiger partial charge in [0.15, 0.2) is 17.3 Å². The van der Waals surface area contributed by atoms with Gasteiger partial charge in [-0.1, -0.05) is 0 Å². The van der Waals surface area contributed by atoms with Gasteiger partial charge in [0.2, 0.25) is 0 Å². The minimum absolute atomic E-state index is 0.0702. The van der Waals surface area contributed by atoms with Crippen molar-refractivity contribution in [2.24, 2.45) is 7.05 Å². The van der Waals surface area contributed by atoms with E-state index in [4.69, 9.17) is 9.47 Å². The van der Waals surface area contributed by atoms with Gasteiger partial charge >= 0.3 is 0 Å². The number of methoxy groups -OCH3 is 2. The van der Waals surface area contributed by atoms with Gasteiger partial charge in [0, 0.05) is 25.4 Å². The molecule has 0 saturated heterocycles. The van der Waals surface area contributed by atoms with Gasteiger partial charge in [0.05, 0.1) is 19.1 Å². The smallest absolute Gasteiger partial charge is 0.263 e. The van der Waals surface area contributed by atoms with Crippen molar-refractivity contribution in [2.75, 3.05) is 18.9 Å². The molecule has 0 radical (unpaired) electrons. The highest BCUT2D eigenvalue weighted by Crippen LogP contribution is 2.29. The first-order valence-corrected chi connectivity index (χ1v) is 7.19. The molecular weight excluding hydrogens is 282 g/mol. The highest BCUT2D eigenvalue weighted by molar-refractivity contribution is 7.92. The lowest BCUT2D eigenvalue weighted by Crippen LogP contribution is -2.13. The standard InChI is InChI=1S/C12H15N3O4S/c1-15-7-6-12(13-15)14-20(16,17)9-4-5-10(18-2)11(8-9)19-3/h4-8H,1-3H3,(H,13,14). The topological polar surface area (TPSA) is 82.5 Å². The highest BCUT2D eigenvalue weighted by Gasteiger charge is 2.18. The molecule has 108 valence electrons. The maximum Gasteiger partial charge on any atom is 0.263 e. The minimum atomic E-state index is -3.72. The second-order valence-electron chi connectivity index (χ2n) is 4.00. The second kappa shape index (κ2) is 5.41. The van der Waals surface area contributed by atoms with Gasteiger partial charge < -0.3 is 9.47 Å². The molecule has 0 spiro atoms. The molecule has 2 aromatic rings. The zero-order valence-electron chi connectivity index (χ0n) is 11.3. The summed E-state index contributed by atoms with van der Waals surface area (Å²) in [7, 11) is 0.913. The van der Waals surface area contributed by atoms with Gasteiger partial charge in [0.1, 0.15) is 0 Å². The zero-order valence-corrected chi connectivity index (χ0v) is 12.1. The Hall–Kier alpha value is -2.22. The van der Waals surface area contributed by atoms with Crippen molar-refractivity contribution < 1.29 is 17.9 Å². The van der Waals surface area contributed by atoms with E-state index in [0.717, 1.165) is 0 Å². The molecule has 0 bridgehead atoms. The number of sulfonamides is 1. The molecule has 1 aromatic carbocycles. The van der Waals surface area contributed by atoms with E-state index in [-0.39, 0.29) is 10.7 Å². The molecule has 0 atom stereocenters. The van der Waals surface area contributed by atoms with Crippen LogP contribution in [-0.4, -0.2) is 32.4 Å². The lowest BCUT2D eigenvalue weighted by Gasteiger charge is -2.10. The predicted octanol–water partition coefficient (Wildman–Crippen LogP) is 1.24. The summed E-state index contributed by atoms with van der Waals surface area (Å²) in [6, 6.07) is 5.93. The van der Waals surface area contributed by atoms with E-state index >= 15 is 0 Å². The van der Waals surface area contributed by atoms with E-state index in [2.05, 4.69) is 9.82 Å². The lowest BCUT2D eigenvalue weighted by atomic mass is 10.3. The van der Waals surface area contributed by atoms with E-state index in [0.29, 0.717) is 11.5 Å². The molecule has 8 heteroatoms. The minimum Gasteiger partial charge on any atom is -0.493 e. The molecule has 7 nitrogen and oxygen atoms in total. The van der Waals surface area contributed by atoms with E-state index in [9.17, 15) is 8.42 Å². The molecule has 0 aliphatic heterocycles. The molecule has 1 N–H and O–H groups in total. The fourth-order valence-corrected chi connectivity index (χ4v) is 2.66. The van der Waals surface area contributed by atoms with Gasteiger partial charge in [0.25, 0.3) is 10.0 Å². The summed E-state index contributed by atoms with van der Waals surface area (Å²) in [5.41, 5.74) is 0. The molecule has 0 fully saturated rings. The van der Waals surface area contributed by atoms with E-state index in [1.807, 2.05) is 0 Å². The van der Waals surface area contributed by atoms with Crippen LogP contribution in [0.1, 0.15) is 0 Å². The average Bonchev–Trinajstić information content (AvgIpc) is 2.82. The third kappa shape index (κ3) is 2.85. The number of benzene rings is 1. The Labute approximate surface area is 117 Å². The summed E-state index contributed by atoms with van der Waals surface area (Å²) in [5.74, 6) is 1.06. The first-order valence-electron chi connectivity index (χ1n) is 5.71. The van der Waals surface area contributed by atoms with Crippen molar-refractivity contribution in [3.05, 3.63) is 30.5 Å². The quantitative estimate of drug-likeness (QED) is 0.897. The van der Waals surface area contributed by atoms with Crippen LogP contribution in [-0.2, 0) is 17.1 Å². The van der Waals surface area contributed by atoms with Crippen molar-refractivity contribution in [3.63, 3.8) is 0 Å². The SMILES string of the molecule is COc1ccc(S(=O)(=O)Nc2ccn(C)n2)cc1OC. The summed E-state index contributed by atoms with van der Waals surface area (Å²) in [5, 5.41) is 3.97. The average molecular weight is 297 g/mol. The summed E-state index contributed by atoms with van der Waals surface area (Å²) in [6.07, 6.45) is 1.65. The Bertz CT molecular complexity index is 709. The summed E-state index contributed by atoms with van der Waals surface area (Å²) in [6.45, 7) is 0. The van der Waals surface area contributed by atoms with Crippen LogP contribution >= 0.6 is 0 Å². The summed E-state index contributed by atoms with van der Waals surface area (Å²) >= 11 is 0. The van der Waals surface area contributed by atoms with Crippen LogP contribution in [0.2, 0.25) is 0 Å². The van der Waals surface area contributed by atoms with Gasteiger partial charge in [-0.05, 0) is 12.1 Å². The number of nitrogens with zero attached hydrogens (tertiary/aromatic N) is 2. The summed E-state index contributed by atoms with van der Waals surface area (Å²) < 4.78 is 38.5. The Morgan fingerprint density at radius 1 is 1.15 bits per heavy atom. The van der Waals surface area contributed by atoms with Gasteiger partial charge in [-0.15, -0.1) is 0 Å². The van der Waals surface area contributed by atoms with Crippen molar-refractivity contribution in [2.45, 2.75) is 4.90 Å². The molecule has 1 heterocycles. The Kier molecular flexibility index (Phi) is 3.84. The fraction of sp³-hybridized carbons (Fsp3) is 0.250. The second-order valence-corrected chi connectivity index (χ2v) is 5.68. The number of ether oxygens (including phenoxy) is 2. The predicted molar refractivity (Wildman–Crippen MR) is 73.6 cm³/mol. The largest absolute Gasteiger partial charge is 0.493 e. The monoisotopic (exact) mass is 297 g/mol. The normalized spacial score (nSPS) is 11.2. The number of rotatable bonds is 5. The van der Waals surface area contributed by atoms with Crippen molar-refractivity contribution in [1.29, 1.82) is 0 Å². The van der Waals surface area contributed by atoms with Crippen LogP contribution in [0, 0.1) is 0 Å². The zero-order chi connectivity index (χ0) is 14.8. The molecule has 20 heavy (non-hydrogen) atoms. The van der Waals surface area contributed by atoms with Crippen molar-refractivity contribution in [1.82, 2.24) is 9.78 Å². The number of anilines is 1. The molecule has 0 amide bonds. The van der Waals surface area contributed by atoms with E-state index in [1.165, 1.54) is 37.1 Å². The Morgan fingerprint density at radius 3 is 2.40 bits per heavy atom. The number of nitrogens with one attached hydrogen (secondary N) is 1. The summed E-state index contributed by atoms with van der Waals surface area (Å²) in [4.78, 5) is 0.0702. The molecule has 0 aliphatic carbocycles. The molecule has 2 rings (SSSR count). The molecule has 0 unspecified atom stereocenters. The van der Waals surface area contributed by atoms with Gasteiger partial charge in [-0.3, -0.25) is 9.40 Å². The Balaban J connectivity index is 2.34. The molecule has 0 saturated carbocycles. The number of hydrogen-bond donors (Lipinski definition) is 1. The van der Waals surface area contributed by atoms with Crippen molar-refractivity contribution in [3.8, 4) is 11.5 Å². The van der Waals surface area contributed by atoms with E-state index < -0.39 is 10.0 Å². The molecular formula is C12H15N3O4S. The van der Waals surface area contributed by atoms with E-state index in [1.54, 1.807) is 19.3 Å². The lowest BCUT2D eigenvalue weighted by molar-refractivity contribution is 0.354. The van der Waals surface area contributed by atoms with Crippen LogP contribution in [0.25, 0.3) is 0 Å². The maximum atomic E-state index is 12.2. The maximum absolute atomic E-state index is 12.2. The number of hydrogen-bond acceptors (Lipinski definition) is 5. The highest BCUT2D eigenvalue weighted by atomic mass is 32.2. The van der Waals surface area contributed by atoms with Crippen LogP contribution in [0.3, 0.4) is 0 Å². The fourth-order valence-electron chi connectivity index (χ4n) is 1.65. The first-order chi connectivity index (χ1) is 9.46. The van der Waals surface area contributed by atoms with Crippen LogP contribution in [0.4, 0.5) is 5.82 Å². The molecule has 1 aromatic heterocycles. The Morgan fingerprint density at radius 2 is 1.85 bits per heavy atom. The molecule has 0 aliphatic rings.